The second-order valence-corrected chi connectivity index (χ2v) is 6.15. The third-order valence-corrected chi connectivity index (χ3v) is 4.60. The summed E-state index contributed by atoms with van der Waals surface area (Å²) >= 11 is 0. The molecule has 2 aromatic heterocycles. The lowest BCUT2D eigenvalue weighted by Gasteiger charge is -2.32. The molecule has 7 nitrogen and oxygen atoms in total. The highest BCUT2D eigenvalue weighted by molar-refractivity contribution is 5.76. The van der Waals surface area contributed by atoms with Crippen LogP contribution in [-0.2, 0) is 17.8 Å². The van der Waals surface area contributed by atoms with Gasteiger partial charge in [0.1, 0.15) is 5.82 Å². The predicted octanol–water partition coefficient (Wildman–Crippen LogP) is 1.33. The smallest absolute Gasteiger partial charge is 0.342 e. The topological polar surface area (TPSA) is 83.9 Å². The second-order valence-electron chi connectivity index (χ2n) is 6.15. The van der Waals surface area contributed by atoms with Gasteiger partial charge < -0.3 is 14.5 Å². The molecule has 0 radical (unpaired) electrons. The summed E-state index contributed by atoms with van der Waals surface area (Å²) in [6, 6.07) is 1.83. The highest BCUT2D eigenvalue weighted by atomic mass is 16.2. The molecule has 0 aliphatic carbocycles. The molecule has 1 amide bonds. The van der Waals surface area contributed by atoms with Crippen molar-refractivity contribution in [1.29, 1.82) is 0 Å². The van der Waals surface area contributed by atoms with Crippen LogP contribution < -0.4 is 5.69 Å². The SMILES string of the molecule is CCc1nccn1CCC(=O)N1CCCC(c2ccnc(=O)[nH]2)C1. The number of hydrogen-bond donors (Lipinski definition) is 1. The number of imidazole rings is 1. The lowest BCUT2D eigenvalue weighted by molar-refractivity contribution is -0.132. The van der Waals surface area contributed by atoms with Crippen molar-refractivity contribution in [3.63, 3.8) is 0 Å². The van der Waals surface area contributed by atoms with Gasteiger partial charge in [-0.15, -0.1) is 0 Å². The van der Waals surface area contributed by atoms with E-state index in [0.29, 0.717) is 19.5 Å². The van der Waals surface area contributed by atoms with Gasteiger partial charge in [0.05, 0.1) is 0 Å². The molecule has 3 rings (SSSR count). The van der Waals surface area contributed by atoms with E-state index in [0.717, 1.165) is 37.3 Å². The summed E-state index contributed by atoms with van der Waals surface area (Å²) in [7, 11) is 0. The molecule has 128 valence electrons. The molecule has 1 fully saturated rings. The molecular formula is C17H23N5O2. The lowest BCUT2D eigenvalue weighted by Crippen LogP contribution is -2.40. The van der Waals surface area contributed by atoms with Crippen molar-refractivity contribution in [2.24, 2.45) is 0 Å². The largest absolute Gasteiger partial charge is 0.345 e. The molecule has 0 bridgehead atoms. The van der Waals surface area contributed by atoms with Gasteiger partial charge in [-0.2, -0.15) is 0 Å². The highest BCUT2D eigenvalue weighted by Gasteiger charge is 2.25. The van der Waals surface area contributed by atoms with Crippen LogP contribution in [0.25, 0.3) is 0 Å². The molecule has 1 aliphatic rings. The van der Waals surface area contributed by atoms with Gasteiger partial charge >= 0.3 is 5.69 Å². The Morgan fingerprint density at radius 2 is 2.25 bits per heavy atom. The predicted molar refractivity (Wildman–Crippen MR) is 89.6 cm³/mol. The molecular weight excluding hydrogens is 306 g/mol. The Balaban J connectivity index is 1.60. The number of carbonyl (C=O) groups is 1. The molecule has 7 heteroatoms. The van der Waals surface area contributed by atoms with E-state index in [2.05, 4.69) is 21.9 Å². The van der Waals surface area contributed by atoms with E-state index in [4.69, 9.17) is 0 Å². The zero-order chi connectivity index (χ0) is 16.9. The van der Waals surface area contributed by atoms with E-state index >= 15 is 0 Å². The molecule has 1 unspecified atom stereocenters. The van der Waals surface area contributed by atoms with E-state index in [1.807, 2.05) is 21.7 Å². The molecule has 1 aliphatic heterocycles. The molecule has 24 heavy (non-hydrogen) atoms. The minimum Gasteiger partial charge on any atom is -0.342 e. The summed E-state index contributed by atoms with van der Waals surface area (Å²) in [6.07, 6.45) is 8.50. The van der Waals surface area contributed by atoms with Crippen molar-refractivity contribution < 1.29 is 4.79 Å². The summed E-state index contributed by atoms with van der Waals surface area (Å²) in [4.78, 5) is 36.6. The van der Waals surface area contributed by atoms with Crippen LogP contribution in [0.15, 0.2) is 29.5 Å². The molecule has 2 aromatic rings. The Kier molecular flexibility index (Phi) is 5.08. The number of H-pyrrole nitrogens is 1. The number of likely N-dealkylation sites (tertiary alicyclic amines) is 1. The maximum Gasteiger partial charge on any atom is 0.345 e. The Labute approximate surface area is 140 Å². The van der Waals surface area contributed by atoms with Gasteiger partial charge in [-0.25, -0.2) is 14.8 Å². The summed E-state index contributed by atoms with van der Waals surface area (Å²) in [5.74, 6) is 1.35. The van der Waals surface area contributed by atoms with Crippen LogP contribution in [-0.4, -0.2) is 43.4 Å². The van der Waals surface area contributed by atoms with Crippen molar-refractivity contribution in [2.45, 2.75) is 45.1 Å². The summed E-state index contributed by atoms with van der Waals surface area (Å²) < 4.78 is 2.04. The van der Waals surface area contributed by atoms with Gasteiger partial charge in [-0.1, -0.05) is 6.92 Å². The number of carbonyl (C=O) groups excluding carboxylic acids is 1. The summed E-state index contributed by atoms with van der Waals surface area (Å²) in [5, 5.41) is 0. The average molecular weight is 329 g/mol. The molecule has 0 spiro atoms. The first-order chi connectivity index (χ1) is 11.7. The van der Waals surface area contributed by atoms with E-state index in [9.17, 15) is 9.59 Å². The van der Waals surface area contributed by atoms with Gasteiger partial charge in [-0.3, -0.25) is 4.79 Å². The van der Waals surface area contributed by atoms with Crippen molar-refractivity contribution in [2.75, 3.05) is 13.1 Å². The Morgan fingerprint density at radius 3 is 3.04 bits per heavy atom. The maximum atomic E-state index is 12.5. The van der Waals surface area contributed by atoms with Gasteiger partial charge in [0, 0.05) is 62.7 Å². The fraction of sp³-hybridized carbons (Fsp3) is 0.529. The van der Waals surface area contributed by atoms with Crippen molar-refractivity contribution in [3.05, 3.63) is 46.7 Å². The number of nitrogens with zero attached hydrogens (tertiary/aromatic N) is 4. The van der Waals surface area contributed by atoms with Crippen molar-refractivity contribution >= 4 is 5.91 Å². The summed E-state index contributed by atoms with van der Waals surface area (Å²) in [6.45, 7) is 4.17. The number of hydrogen-bond acceptors (Lipinski definition) is 4. The van der Waals surface area contributed by atoms with Crippen LogP contribution >= 0.6 is 0 Å². The molecule has 0 aromatic carbocycles. The Morgan fingerprint density at radius 1 is 1.38 bits per heavy atom. The van der Waals surface area contributed by atoms with Crippen LogP contribution in [0.2, 0.25) is 0 Å². The fourth-order valence-electron chi connectivity index (χ4n) is 3.31. The van der Waals surface area contributed by atoms with E-state index in [1.165, 1.54) is 6.20 Å². The van der Waals surface area contributed by atoms with Crippen LogP contribution in [0.5, 0.6) is 0 Å². The van der Waals surface area contributed by atoms with E-state index in [-0.39, 0.29) is 17.5 Å². The maximum absolute atomic E-state index is 12.5. The van der Waals surface area contributed by atoms with Crippen molar-refractivity contribution in [3.8, 4) is 0 Å². The average Bonchev–Trinajstić information content (AvgIpc) is 3.07. The van der Waals surface area contributed by atoms with Crippen molar-refractivity contribution in [1.82, 2.24) is 24.4 Å². The summed E-state index contributed by atoms with van der Waals surface area (Å²) in [5.41, 5.74) is 0.540. The van der Waals surface area contributed by atoms with E-state index in [1.54, 1.807) is 6.20 Å². The first-order valence-corrected chi connectivity index (χ1v) is 8.50. The molecule has 0 saturated carbocycles. The Hall–Kier alpha value is -2.44. The number of amides is 1. The van der Waals surface area contributed by atoms with Crippen LogP contribution in [0.1, 0.15) is 43.6 Å². The van der Waals surface area contributed by atoms with Crippen LogP contribution in [0.4, 0.5) is 0 Å². The minimum absolute atomic E-state index is 0.159. The van der Waals surface area contributed by atoms with Gasteiger partial charge in [0.15, 0.2) is 0 Å². The molecule has 1 atom stereocenters. The quantitative estimate of drug-likeness (QED) is 0.897. The zero-order valence-corrected chi connectivity index (χ0v) is 13.9. The third-order valence-electron chi connectivity index (χ3n) is 4.60. The highest BCUT2D eigenvalue weighted by Crippen LogP contribution is 2.25. The Bertz CT molecular complexity index is 751. The van der Waals surface area contributed by atoms with Gasteiger partial charge in [0.25, 0.3) is 0 Å². The second kappa shape index (κ2) is 7.42. The minimum atomic E-state index is -0.330. The number of piperidine rings is 1. The number of aromatic amines is 1. The lowest BCUT2D eigenvalue weighted by atomic mass is 9.94. The fourth-order valence-corrected chi connectivity index (χ4v) is 3.31. The van der Waals surface area contributed by atoms with Crippen LogP contribution in [0.3, 0.4) is 0 Å². The zero-order valence-electron chi connectivity index (χ0n) is 13.9. The number of nitrogens with one attached hydrogen (secondary N) is 1. The first-order valence-electron chi connectivity index (χ1n) is 8.50. The normalized spacial score (nSPS) is 17.9. The third kappa shape index (κ3) is 3.72. The van der Waals surface area contributed by atoms with E-state index < -0.39 is 0 Å². The number of rotatable bonds is 5. The molecule has 1 saturated heterocycles. The molecule has 1 N–H and O–H groups in total. The first kappa shape index (κ1) is 16.4. The van der Waals surface area contributed by atoms with Gasteiger partial charge in [0.2, 0.25) is 5.91 Å². The molecule has 3 heterocycles. The monoisotopic (exact) mass is 329 g/mol. The standard InChI is InChI=1S/C17H23N5O2/c1-2-15-18-8-11-21(15)10-6-16(23)22-9-3-4-13(12-22)14-5-7-19-17(24)20-14/h5,7-8,11,13H,2-4,6,9-10,12H2,1H3,(H,19,20,24). The number of aryl methyl sites for hydroxylation is 2. The van der Waals surface area contributed by atoms with Gasteiger partial charge in [-0.05, 0) is 18.9 Å². The number of aromatic nitrogens is 4. The van der Waals surface area contributed by atoms with Crippen LogP contribution in [0, 0.1) is 0 Å².